The van der Waals surface area contributed by atoms with Gasteiger partial charge in [0.05, 0.1) is 0 Å². The molecule has 2 aliphatic carbocycles. The van der Waals surface area contributed by atoms with E-state index in [9.17, 15) is 0 Å². The summed E-state index contributed by atoms with van der Waals surface area (Å²) in [6, 6.07) is 18.0. The van der Waals surface area contributed by atoms with Crippen LogP contribution in [0.25, 0.3) is 11.1 Å². The standard InChI is InChI=1S/C26H27N/c1-19-11-13-20(14-12-19)21-15-17-22(18-16-21)27-25-9-4-2-3-7-23(25)24-8-5-6-10-26(24)27/h6,9-18,23H,2-5,7-8H2,1H3. The first-order valence-corrected chi connectivity index (χ1v) is 10.4. The summed E-state index contributed by atoms with van der Waals surface area (Å²) in [6.07, 6.45) is 14.9. The number of fused-ring (bicyclic) bond motifs is 2. The molecule has 5 rings (SSSR count). The molecule has 0 radical (unpaired) electrons. The Kier molecular flexibility index (Phi) is 4.24. The van der Waals surface area contributed by atoms with Crippen molar-refractivity contribution in [2.45, 2.75) is 45.4 Å². The second kappa shape index (κ2) is 6.88. The van der Waals surface area contributed by atoms with Gasteiger partial charge in [0.15, 0.2) is 0 Å². The van der Waals surface area contributed by atoms with Crippen LogP contribution in [-0.2, 0) is 0 Å². The number of rotatable bonds is 2. The zero-order valence-electron chi connectivity index (χ0n) is 16.1. The maximum absolute atomic E-state index is 2.54. The van der Waals surface area contributed by atoms with Crippen molar-refractivity contribution >= 4 is 5.69 Å². The molecule has 0 spiro atoms. The monoisotopic (exact) mass is 353 g/mol. The summed E-state index contributed by atoms with van der Waals surface area (Å²) < 4.78 is 0. The number of allylic oxidation sites excluding steroid dienone is 4. The van der Waals surface area contributed by atoms with Crippen molar-refractivity contribution in [2.24, 2.45) is 5.92 Å². The first kappa shape index (κ1) is 16.6. The van der Waals surface area contributed by atoms with Gasteiger partial charge in [0.1, 0.15) is 0 Å². The van der Waals surface area contributed by atoms with Gasteiger partial charge in [0.25, 0.3) is 0 Å². The number of hydrogen-bond donors (Lipinski definition) is 0. The fourth-order valence-electron chi connectivity index (χ4n) is 4.85. The van der Waals surface area contributed by atoms with Crippen LogP contribution in [-0.4, -0.2) is 0 Å². The molecular formula is C26H27N. The van der Waals surface area contributed by atoms with Crippen molar-refractivity contribution in [3.05, 3.63) is 89.3 Å². The molecular weight excluding hydrogens is 326 g/mol. The van der Waals surface area contributed by atoms with E-state index in [1.807, 2.05) is 0 Å². The van der Waals surface area contributed by atoms with Crippen molar-refractivity contribution in [3.63, 3.8) is 0 Å². The van der Waals surface area contributed by atoms with E-state index < -0.39 is 0 Å². The average molecular weight is 354 g/mol. The SMILES string of the molecule is Cc1ccc(-c2ccc(N3C4=CCCCCC4C4=C3C=CCC4)cc2)cc1. The van der Waals surface area contributed by atoms with Crippen molar-refractivity contribution in [1.82, 2.24) is 0 Å². The van der Waals surface area contributed by atoms with E-state index in [0.29, 0.717) is 5.92 Å². The molecule has 1 heteroatoms. The third-order valence-corrected chi connectivity index (χ3v) is 6.27. The number of aryl methyl sites for hydroxylation is 1. The topological polar surface area (TPSA) is 3.24 Å². The quantitative estimate of drug-likeness (QED) is 0.553. The Balaban J connectivity index is 1.52. The van der Waals surface area contributed by atoms with Gasteiger partial charge in [-0.3, -0.25) is 0 Å². The van der Waals surface area contributed by atoms with Gasteiger partial charge in [0.2, 0.25) is 0 Å². The van der Waals surface area contributed by atoms with E-state index >= 15 is 0 Å². The highest BCUT2D eigenvalue weighted by atomic mass is 15.2. The molecule has 0 aromatic heterocycles. The number of anilines is 1. The molecule has 0 bridgehead atoms. The largest absolute Gasteiger partial charge is 0.314 e. The van der Waals surface area contributed by atoms with Crippen LogP contribution in [0.1, 0.15) is 44.1 Å². The summed E-state index contributed by atoms with van der Waals surface area (Å²) in [5, 5.41) is 0. The first-order chi connectivity index (χ1) is 13.3. The third-order valence-electron chi connectivity index (χ3n) is 6.27. The number of hydrogen-bond acceptors (Lipinski definition) is 1. The molecule has 0 fully saturated rings. The van der Waals surface area contributed by atoms with E-state index in [4.69, 9.17) is 0 Å². The Bertz CT molecular complexity index is 925. The van der Waals surface area contributed by atoms with Crippen LogP contribution in [0.15, 0.2) is 83.7 Å². The highest BCUT2D eigenvalue weighted by Gasteiger charge is 2.36. The molecule has 0 amide bonds. The van der Waals surface area contributed by atoms with Gasteiger partial charge in [-0.2, -0.15) is 0 Å². The summed E-state index contributed by atoms with van der Waals surface area (Å²) in [7, 11) is 0. The molecule has 136 valence electrons. The number of nitrogens with zero attached hydrogens (tertiary/aromatic N) is 1. The van der Waals surface area contributed by atoms with Crippen LogP contribution in [0, 0.1) is 12.8 Å². The molecule has 2 aromatic carbocycles. The van der Waals surface area contributed by atoms with Crippen LogP contribution in [0.2, 0.25) is 0 Å². The maximum Gasteiger partial charge on any atom is 0.0458 e. The minimum absolute atomic E-state index is 0.643. The summed E-state index contributed by atoms with van der Waals surface area (Å²) in [4.78, 5) is 2.54. The van der Waals surface area contributed by atoms with Crippen LogP contribution in [0.3, 0.4) is 0 Å². The molecule has 1 aliphatic heterocycles. The molecule has 3 aliphatic rings. The second-order valence-corrected chi connectivity index (χ2v) is 8.07. The summed E-state index contributed by atoms with van der Waals surface area (Å²) in [6.45, 7) is 2.14. The van der Waals surface area contributed by atoms with E-state index in [2.05, 4.69) is 78.6 Å². The van der Waals surface area contributed by atoms with E-state index in [1.165, 1.54) is 72.3 Å². The minimum atomic E-state index is 0.643. The van der Waals surface area contributed by atoms with Gasteiger partial charge in [-0.25, -0.2) is 0 Å². The molecule has 0 N–H and O–H groups in total. The van der Waals surface area contributed by atoms with Gasteiger partial charge in [-0.05, 0) is 73.9 Å². The van der Waals surface area contributed by atoms with Gasteiger partial charge < -0.3 is 4.90 Å². The maximum atomic E-state index is 2.54. The van der Waals surface area contributed by atoms with Gasteiger partial charge >= 0.3 is 0 Å². The van der Waals surface area contributed by atoms with Crippen molar-refractivity contribution in [3.8, 4) is 11.1 Å². The minimum Gasteiger partial charge on any atom is -0.314 e. The Morgan fingerprint density at radius 1 is 0.852 bits per heavy atom. The van der Waals surface area contributed by atoms with Gasteiger partial charge in [-0.1, -0.05) is 60.5 Å². The fraction of sp³-hybridized carbons (Fsp3) is 0.308. The van der Waals surface area contributed by atoms with E-state index in [0.717, 1.165) is 0 Å². The van der Waals surface area contributed by atoms with E-state index in [1.54, 1.807) is 5.57 Å². The van der Waals surface area contributed by atoms with Crippen LogP contribution in [0.5, 0.6) is 0 Å². The highest BCUT2D eigenvalue weighted by molar-refractivity contribution is 5.72. The summed E-state index contributed by atoms with van der Waals surface area (Å²) >= 11 is 0. The lowest BCUT2D eigenvalue weighted by Gasteiger charge is -2.25. The molecule has 1 unspecified atom stereocenters. The molecule has 1 heterocycles. The normalized spacial score (nSPS) is 21.6. The van der Waals surface area contributed by atoms with Gasteiger partial charge in [0, 0.05) is 23.0 Å². The van der Waals surface area contributed by atoms with Crippen LogP contribution >= 0.6 is 0 Å². The zero-order valence-corrected chi connectivity index (χ0v) is 16.1. The molecule has 0 saturated carbocycles. The molecule has 0 saturated heterocycles. The van der Waals surface area contributed by atoms with E-state index in [-0.39, 0.29) is 0 Å². The Labute approximate surface area is 162 Å². The Hall–Kier alpha value is -2.54. The average Bonchev–Trinajstić information content (AvgIpc) is 2.85. The molecule has 2 aromatic rings. The van der Waals surface area contributed by atoms with Crippen LogP contribution < -0.4 is 4.90 Å². The van der Waals surface area contributed by atoms with Crippen molar-refractivity contribution in [2.75, 3.05) is 4.90 Å². The number of benzene rings is 2. The molecule has 1 atom stereocenters. The Morgan fingerprint density at radius 3 is 2.37 bits per heavy atom. The summed E-state index contributed by atoms with van der Waals surface area (Å²) in [5.74, 6) is 0.643. The van der Waals surface area contributed by atoms with Crippen molar-refractivity contribution < 1.29 is 0 Å². The predicted molar refractivity (Wildman–Crippen MR) is 115 cm³/mol. The van der Waals surface area contributed by atoms with Crippen molar-refractivity contribution in [1.29, 1.82) is 0 Å². The summed E-state index contributed by atoms with van der Waals surface area (Å²) in [5.41, 5.74) is 9.85. The molecule has 1 nitrogen and oxygen atoms in total. The lowest BCUT2D eigenvalue weighted by atomic mass is 9.89. The van der Waals surface area contributed by atoms with Crippen LogP contribution in [0.4, 0.5) is 5.69 Å². The first-order valence-electron chi connectivity index (χ1n) is 10.4. The lowest BCUT2D eigenvalue weighted by Crippen LogP contribution is -2.18. The third kappa shape index (κ3) is 2.96. The highest BCUT2D eigenvalue weighted by Crippen LogP contribution is 2.48. The molecule has 27 heavy (non-hydrogen) atoms. The predicted octanol–water partition coefficient (Wildman–Crippen LogP) is 7.16. The second-order valence-electron chi connectivity index (χ2n) is 8.07. The smallest absolute Gasteiger partial charge is 0.0458 e. The fourth-order valence-corrected chi connectivity index (χ4v) is 4.85. The zero-order chi connectivity index (χ0) is 18.2. The van der Waals surface area contributed by atoms with Gasteiger partial charge in [-0.15, -0.1) is 0 Å². The lowest BCUT2D eigenvalue weighted by molar-refractivity contribution is 0.595. The Morgan fingerprint density at radius 2 is 1.59 bits per heavy atom.